The zero-order valence-electron chi connectivity index (χ0n) is 10.8. The van der Waals surface area contributed by atoms with Crippen LogP contribution in [0.1, 0.15) is 10.4 Å². The van der Waals surface area contributed by atoms with Gasteiger partial charge < -0.3 is 10.5 Å². The molecule has 2 aromatic carbocycles. The minimum atomic E-state index is -0.572. The van der Waals surface area contributed by atoms with Crippen molar-refractivity contribution in [3.05, 3.63) is 59.9 Å². The van der Waals surface area contributed by atoms with Crippen molar-refractivity contribution in [3.8, 4) is 11.5 Å². The molecule has 0 radical (unpaired) electrons. The van der Waals surface area contributed by atoms with Crippen LogP contribution in [0.4, 0.5) is 4.39 Å². The largest absolute Gasteiger partial charge is 0.454 e. The number of nitrogens with two attached hydrogens (primary N) is 1. The highest BCUT2D eigenvalue weighted by molar-refractivity contribution is 7.80. The molecule has 0 aromatic heterocycles. The predicted octanol–water partition coefficient (Wildman–Crippen LogP) is 2.10. The molecule has 0 bridgehead atoms. The lowest BCUT2D eigenvalue weighted by Crippen LogP contribution is -2.44. The van der Waals surface area contributed by atoms with E-state index >= 15 is 0 Å². The lowest BCUT2D eigenvalue weighted by atomic mass is 10.2. The molecule has 7 heteroatoms. The number of benzene rings is 2. The van der Waals surface area contributed by atoms with E-state index in [-0.39, 0.29) is 16.4 Å². The van der Waals surface area contributed by atoms with Crippen LogP contribution in [0.5, 0.6) is 11.5 Å². The smallest absolute Gasteiger partial charge is 0.269 e. The monoisotopic (exact) mass is 305 g/mol. The van der Waals surface area contributed by atoms with Crippen molar-refractivity contribution in [2.45, 2.75) is 0 Å². The van der Waals surface area contributed by atoms with Gasteiger partial charge in [-0.3, -0.25) is 15.6 Å². The fraction of sp³-hybridized carbons (Fsp3) is 0. The maximum atomic E-state index is 13.7. The molecule has 0 aliphatic carbocycles. The summed E-state index contributed by atoms with van der Waals surface area (Å²) in [7, 11) is 0. The van der Waals surface area contributed by atoms with E-state index in [2.05, 4.69) is 23.1 Å². The standard InChI is InChI=1S/C14H12FN3O2S/c15-11-7-6-9(13(19)17-18-14(16)21)8-12(11)20-10-4-2-1-3-5-10/h1-8H,(H,17,19)(H3,16,18,21). The van der Waals surface area contributed by atoms with Crippen LogP contribution in [0.15, 0.2) is 48.5 Å². The van der Waals surface area contributed by atoms with Gasteiger partial charge in [-0.05, 0) is 42.5 Å². The van der Waals surface area contributed by atoms with Gasteiger partial charge in [0.15, 0.2) is 16.7 Å². The van der Waals surface area contributed by atoms with Gasteiger partial charge in [-0.2, -0.15) is 0 Å². The molecule has 1 amide bonds. The molecule has 0 aliphatic rings. The van der Waals surface area contributed by atoms with E-state index in [4.69, 9.17) is 10.5 Å². The van der Waals surface area contributed by atoms with Crippen LogP contribution in [0.3, 0.4) is 0 Å². The van der Waals surface area contributed by atoms with Crippen LogP contribution in [0.25, 0.3) is 0 Å². The number of rotatable bonds is 3. The fourth-order valence-electron chi connectivity index (χ4n) is 1.53. The number of hydrazine groups is 1. The van der Waals surface area contributed by atoms with E-state index < -0.39 is 11.7 Å². The summed E-state index contributed by atoms with van der Waals surface area (Å²) in [6.07, 6.45) is 0. The highest BCUT2D eigenvalue weighted by atomic mass is 32.1. The maximum absolute atomic E-state index is 13.7. The van der Waals surface area contributed by atoms with Crippen LogP contribution in [-0.4, -0.2) is 11.0 Å². The Morgan fingerprint density at radius 3 is 2.52 bits per heavy atom. The van der Waals surface area contributed by atoms with Gasteiger partial charge >= 0.3 is 0 Å². The van der Waals surface area contributed by atoms with Gasteiger partial charge in [0.25, 0.3) is 5.91 Å². The summed E-state index contributed by atoms with van der Waals surface area (Å²) in [4.78, 5) is 11.8. The van der Waals surface area contributed by atoms with Crippen molar-refractivity contribution in [3.63, 3.8) is 0 Å². The lowest BCUT2D eigenvalue weighted by molar-refractivity contribution is 0.0943. The molecule has 108 valence electrons. The maximum Gasteiger partial charge on any atom is 0.269 e. The second-order valence-electron chi connectivity index (χ2n) is 4.00. The van der Waals surface area contributed by atoms with Crippen molar-refractivity contribution in [2.24, 2.45) is 5.73 Å². The van der Waals surface area contributed by atoms with Crippen LogP contribution < -0.4 is 21.3 Å². The first-order valence-corrected chi connectivity index (χ1v) is 6.35. The second-order valence-corrected chi connectivity index (χ2v) is 4.44. The molecule has 0 saturated heterocycles. The molecule has 0 heterocycles. The predicted molar refractivity (Wildman–Crippen MR) is 80.3 cm³/mol. The van der Waals surface area contributed by atoms with Crippen molar-refractivity contribution in [1.29, 1.82) is 0 Å². The van der Waals surface area contributed by atoms with Gasteiger partial charge in [-0.15, -0.1) is 0 Å². The molecule has 2 rings (SSSR count). The van der Waals surface area contributed by atoms with E-state index in [0.717, 1.165) is 6.07 Å². The van der Waals surface area contributed by atoms with Crippen LogP contribution in [0.2, 0.25) is 0 Å². The normalized spacial score (nSPS) is 9.76. The highest BCUT2D eigenvalue weighted by Crippen LogP contribution is 2.25. The molecular formula is C14H12FN3O2S. The number of ether oxygens (including phenoxy) is 1. The Labute approximate surface area is 125 Å². The number of hydrogen-bond acceptors (Lipinski definition) is 3. The Hall–Kier alpha value is -2.67. The van der Waals surface area contributed by atoms with Gasteiger partial charge in [0.2, 0.25) is 0 Å². The number of hydrogen-bond donors (Lipinski definition) is 3. The Kier molecular flexibility index (Phi) is 4.68. The Morgan fingerprint density at radius 2 is 1.86 bits per heavy atom. The number of para-hydroxylation sites is 1. The summed E-state index contributed by atoms with van der Waals surface area (Å²) < 4.78 is 19.1. The number of halogens is 1. The second kappa shape index (κ2) is 6.67. The summed E-state index contributed by atoms with van der Waals surface area (Å²) >= 11 is 4.56. The van der Waals surface area contributed by atoms with Crippen molar-refractivity contribution >= 4 is 23.2 Å². The molecule has 0 aliphatic heterocycles. The molecule has 2 aromatic rings. The first-order valence-electron chi connectivity index (χ1n) is 5.94. The molecule has 21 heavy (non-hydrogen) atoms. The zero-order chi connectivity index (χ0) is 15.2. The van der Waals surface area contributed by atoms with E-state index in [1.165, 1.54) is 12.1 Å². The van der Waals surface area contributed by atoms with Crippen LogP contribution in [-0.2, 0) is 0 Å². The molecule has 5 nitrogen and oxygen atoms in total. The number of nitrogens with one attached hydrogen (secondary N) is 2. The van der Waals surface area contributed by atoms with Gasteiger partial charge in [0, 0.05) is 5.56 Å². The average molecular weight is 305 g/mol. The molecule has 0 spiro atoms. The van der Waals surface area contributed by atoms with Gasteiger partial charge in [0.1, 0.15) is 5.75 Å². The summed E-state index contributed by atoms with van der Waals surface area (Å²) in [5.74, 6) is -0.669. The van der Waals surface area contributed by atoms with Crippen LogP contribution in [0, 0.1) is 5.82 Å². The molecule has 0 fully saturated rings. The molecular weight excluding hydrogens is 293 g/mol. The van der Waals surface area contributed by atoms with E-state index in [1.807, 2.05) is 6.07 Å². The third-order valence-electron chi connectivity index (χ3n) is 2.46. The summed E-state index contributed by atoms with van der Waals surface area (Å²) in [5, 5.41) is -0.0776. The summed E-state index contributed by atoms with van der Waals surface area (Å²) in [5.41, 5.74) is 9.97. The van der Waals surface area contributed by atoms with E-state index in [0.29, 0.717) is 5.75 Å². The highest BCUT2D eigenvalue weighted by Gasteiger charge is 2.11. The molecule has 0 unspecified atom stereocenters. The quantitative estimate of drug-likeness (QED) is 0.598. The summed E-state index contributed by atoms with van der Waals surface area (Å²) in [6.45, 7) is 0. The van der Waals surface area contributed by atoms with Crippen molar-refractivity contribution < 1.29 is 13.9 Å². The minimum Gasteiger partial charge on any atom is -0.454 e. The van der Waals surface area contributed by atoms with E-state index in [1.54, 1.807) is 24.3 Å². The summed E-state index contributed by atoms with van der Waals surface area (Å²) in [6, 6.07) is 12.5. The zero-order valence-corrected chi connectivity index (χ0v) is 11.6. The topological polar surface area (TPSA) is 76.4 Å². The fourth-order valence-corrected chi connectivity index (χ4v) is 1.58. The van der Waals surface area contributed by atoms with Gasteiger partial charge in [-0.25, -0.2) is 4.39 Å². The van der Waals surface area contributed by atoms with Crippen molar-refractivity contribution in [1.82, 2.24) is 10.9 Å². The number of amides is 1. The third-order valence-corrected chi connectivity index (χ3v) is 2.57. The number of carbonyl (C=O) groups excluding carboxylic acids is 1. The van der Waals surface area contributed by atoms with Crippen LogP contribution >= 0.6 is 12.2 Å². The Morgan fingerprint density at radius 1 is 1.14 bits per heavy atom. The lowest BCUT2D eigenvalue weighted by Gasteiger charge is -2.10. The Balaban J connectivity index is 2.17. The average Bonchev–Trinajstić information content (AvgIpc) is 2.48. The van der Waals surface area contributed by atoms with E-state index in [9.17, 15) is 9.18 Å². The first kappa shape index (κ1) is 14.7. The molecule has 4 N–H and O–H groups in total. The number of thiocarbonyl (C=S) groups is 1. The minimum absolute atomic E-state index is 0.0517. The van der Waals surface area contributed by atoms with Crippen molar-refractivity contribution in [2.75, 3.05) is 0 Å². The molecule has 0 saturated carbocycles. The third kappa shape index (κ3) is 4.15. The van der Waals surface area contributed by atoms with Gasteiger partial charge in [-0.1, -0.05) is 18.2 Å². The molecule has 0 atom stereocenters. The SMILES string of the molecule is NC(=S)NNC(=O)c1ccc(F)c(Oc2ccccc2)c1. The number of carbonyl (C=O) groups is 1. The Bertz CT molecular complexity index is 665. The first-order chi connectivity index (χ1) is 10.1. The van der Waals surface area contributed by atoms with Gasteiger partial charge in [0.05, 0.1) is 0 Å².